The number of unbranched alkanes of at least 4 members (excludes halogenated alkanes) is 3. The summed E-state index contributed by atoms with van der Waals surface area (Å²) in [6, 6.07) is 1.57. The summed E-state index contributed by atoms with van der Waals surface area (Å²) in [4.78, 5) is 25.9. The van der Waals surface area contributed by atoms with Crippen LogP contribution in [0.25, 0.3) is 0 Å². The van der Waals surface area contributed by atoms with E-state index in [1.807, 2.05) is 13.8 Å². The number of aromatic nitrogens is 1. The molecule has 0 aliphatic heterocycles. The van der Waals surface area contributed by atoms with E-state index in [9.17, 15) is 9.59 Å². The third-order valence-electron chi connectivity index (χ3n) is 3.22. The first-order valence-electron chi connectivity index (χ1n) is 8.01. The quantitative estimate of drug-likeness (QED) is 0.674. The lowest BCUT2D eigenvalue weighted by Crippen LogP contribution is -2.40. The Labute approximate surface area is 132 Å². The highest BCUT2D eigenvalue weighted by molar-refractivity contribution is 5.93. The van der Waals surface area contributed by atoms with Crippen LogP contribution in [0.15, 0.2) is 16.9 Å². The number of carbonyl (C=O) groups is 2. The molecule has 2 amide bonds. The number of amides is 2. The van der Waals surface area contributed by atoms with Gasteiger partial charge in [0, 0.05) is 19.0 Å². The zero-order chi connectivity index (χ0) is 16.4. The van der Waals surface area contributed by atoms with Crippen LogP contribution in [0.3, 0.4) is 0 Å². The molecule has 22 heavy (non-hydrogen) atoms. The number of hydrogen-bond donors (Lipinski definition) is 1. The summed E-state index contributed by atoms with van der Waals surface area (Å²) in [5, 5.41) is 6.25. The number of carbonyl (C=O) groups excluding carboxylic acids is 2. The fourth-order valence-corrected chi connectivity index (χ4v) is 2.19. The Bertz CT molecular complexity index is 443. The molecule has 6 heteroatoms. The van der Waals surface area contributed by atoms with Gasteiger partial charge in [0.15, 0.2) is 5.82 Å². The molecule has 0 fully saturated rings. The van der Waals surface area contributed by atoms with Crippen LogP contribution in [0.1, 0.15) is 52.9 Å². The highest BCUT2D eigenvalue weighted by atomic mass is 16.5. The van der Waals surface area contributed by atoms with Crippen LogP contribution in [0.2, 0.25) is 0 Å². The molecule has 0 bridgehead atoms. The van der Waals surface area contributed by atoms with E-state index in [4.69, 9.17) is 0 Å². The normalized spacial score (nSPS) is 10.7. The second-order valence-corrected chi connectivity index (χ2v) is 5.91. The van der Waals surface area contributed by atoms with Crippen molar-refractivity contribution in [3.8, 4) is 0 Å². The lowest BCUT2D eigenvalue weighted by atomic mass is 10.1. The van der Waals surface area contributed by atoms with E-state index in [1.54, 1.807) is 11.0 Å². The molecule has 1 aromatic heterocycles. The first kappa shape index (κ1) is 18.2. The molecule has 0 aliphatic carbocycles. The van der Waals surface area contributed by atoms with Crippen molar-refractivity contribution in [3.05, 3.63) is 12.3 Å². The maximum atomic E-state index is 12.3. The van der Waals surface area contributed by atoms with Gasteiger partial charge >= 0.3 is 0 Å². The Hall–Kier alpha value is -1.85. The van der Waals surface area contributed by atoms with E-state index in [0.717, 1.165) is 25.7 Å². The summed E-state index contributed by atoms with van der Waals surface area (Å²) in [6.07, 6.45) is 6.12. The predicted molar refractivity (Wildman–Crippen MR) is 85.3 cm³/mol. The molecule has 0 saturated heterocycles. The first-order valence-corrected chi connectivity index (χ1v) is 8.01. The molecule has 1 rings (SSSR count). The summed E-state index contributed by atoms with van der Waals surface area (Å²) in [5.41, 5.74) is 0. The van der Waals surface area contributed by atoms with E-state index < -0.39 is 0 Å². The molecular formula is C16H27N3O3. The van der Waals surface area contributed by atoms with Crippen LogP contribution in [-0.4, -0.2) is 35.0 Å². The Kier molecular flexibility index (Phi) is 8.25. The van der Waals surface area contributed by atoms with Gasteiger partial charge in [0.2, 0.25) is 11.8 Å². The van der Waals surface area contributed by atoms with E-state index in [0.29, 0.717) is 24.7 Å². The number of anilines is 1. The van der Waals surface area contributed by atoms with E-state index >= 15 is 0 Å². The molecular weight excluding hydrogens is 282 g/mol. The molecule has 0 aromatic carbocycles. The maximum Gasteiger partial charge on any atom is 0.245 e. The average molecular weight is 309 g/mol. The van der Waals surface area contributed by atoms with Gasteiger partial charge in [0.1, 0.15) is 6.26 Å². The van der Waals surface area contributed by atoms with E-state index in [-0.39, 0.29) is 18.4 Å². The SMILES string of the molecule is CCCCCCC(=O)N(CC(=O)Nc1ccon1)CC(C)C. The van der Waals surface area contributed by atoms with Crippen molar-refractivity contribution in [2.75, 3.05) is 18.4 Å². The highest BCUT2D eigenvalue weighted by Crippen LogP contribution is 2.08. The summed E-state index contributed by atoms with van der Waals surface area (Å²) < 4.78 is 4.66. The Morgan fingerprint density at radius 3 is 2.68 bits per heavy atom. The zero-order valence-corrected chi connectivity index (χ0v) is 13.8. The van der Waals surface area contributed by atoms with Gasteiger partial charge in [0.05, 0.1) is 6.54 Å². The van der Waals surface area contributed by atoms with Crippen molar-refractivity contribution in [3.63, 3.8) is 0 Å². The van der Waals surface area contributed by atoms with Gasteiger partial charge in [-0.05, 0) is 12.3 Å². The van der Waals surface area contributed by atoms with Crippen molar-refractivity contribution in [2.45, 2.75) is 52.9 Å². The molecule has 1 heterocycles. The van der Waals surface area contributed by atoms with Gasteiger partial charge < -0.3 is 14.7 Å². The Morgan fingerprint density at radius 1 is 1.32 bits per heavy atom. The smallest absolute Gasteiger partial charge is 0.245 e. The zero-order valence-electron chi connectivity index (χ0n) is 13.8. The third kappa shape index (κ3) is 7.24. The summed E-state index contributed by atoms with van der Waals surface area (Å²) in [5.74, 6) is 0.473. The van der Waals surface area contributed by atoms with Crippen molar-refractivity contribution in [2.24, 2.45) is 5.92 Å². The molecule has 1 aromatic rings. The Balaban J connectivity index is 2.48. The molecule has 0 aliphatic rings. The van der Waals surface area contributed by atoms with Crippen molar-refractivity contribution in [1.29, 1.82) is 0 Å². The second kappa shape index (κ2) is 9.97. The second-order valence-electron chi connectivity index (χ2n) is 5.91. The third-order valence-corrected chi connectivity index (χ3v) is 3.22. The molecule has 0 spiro atoms. The fourth-order valence-electron chi connectivity index (χ4n) is 2.19. The monoisotopic (exact) mass is 309 g/mol. The van der Waals surface area contributed by atoms with Gasteiger partial charge in [0.25, 0.3) is 0 Å². The molecule has 1 N–H and O–H groups in total. The van der Waals surface area contributed by atoms with Crippen LogP contribution in [-0.2, 0) is 9.59 Å². The van der Waals surface area contributed by atoms with Crippen molar-refractivity contribution >= 4 is 17.6 Å². The molecule has 0 unspecified atom stereocenters. The van der Waals surface area contributed by atoms with Crippen LogP contribution in [0.5, 0.6) is 0 Å². The van der Waals surface area contributed by atoms with Gasteiger partial charge in [-0.3, -0.25) is 9.59 Å². The number of hydrogen-bond acceptors (Lipinski definition) is 4. The minimum Gasteiger partial charge on any atom is -0.363 e. The number of nitrogens with zero attached hydrogens (tertiary/aromatic N) is 2. The summed E-state index contributed by atoms with van der Waals surface area (Å²) in [7, 11) is 0. The predicted octanol–water partition coefficient (Wildman–Crippen LogP) is 3.07. The topological polar surface area (TPSA) is 75.4 Å². The number of nitrogens with one attached hydrogen (secondary N) is 1. The molecule has 6 nitrogen and oxygen atoms in total. The lowest BCUT2D eigenvalue weighted by molar-refractivity contribution is -0.135. The lowest BCUT2D eigenvalue weighted by Gasteiger charge is -2.24. The van der Waals surface area contributed by atoms with Crippen molar-refractivity contribution in [1.82, 2.24) is 10.1 Å². The largest absolute Gasteiger partial charge is 0.363 e. The minimum absolute atomic E-state index is 0.0418. The summed E-state index contributed by atoms with van der Waals surface area (Å²) in [6.45, 7) is 6.84. The first-order chi connectivity index (χ1) is 10.5. The van der Waals surface area contributed by atoms with E-state index in [1.165, 1.54) is 6.26 Å². The van der Waals surface area contributed by atoms with Gasteiger partial charge in [-0.15, -0.1) is 0 Å². The van der Waals surface area contributed by atoms with Crippen LogP contribution in [0, 0.1) is 5.92 Å². The molecule has 0 saturated carbocycles. The standard InChI is InChI=1S/C16H27N3O3/c1-4-5-6-7-8-16(21)19(11-13(2)3)12-15(20)17-14-9-10-22-18-14/h9-10,13H,4-8,11-12H2,1-3H3,(H,17,18,20). The van der Waals surface area contributed by atoms with Gasteiger partial charge in [-0.1, -0.05) is 45.2 Å². The molecule has 124 valence electrons. The Morgan fingerprint density at radius 2 is 2.09 bits per heavy atom. The van der Waals surface area contributed by atoms with E-state index in [2.05, 4.69) is 21.9 Å². The van der Waals surface area contributed by atoms with Gasteiger partial charge in [-0.25, -0.2) is 0 Å². The van der Waals surface area contributed by atoms with Crippen LogP contribution in [0.4, 0.5) is 5.82 Å². The van der Waals surface area contributed by atoms with Crippen LogP contribution >= 0.6 is 0 Å². The van der Waals surface area contributed by atoms with Crippen LogP contribution < -0.4 is 5.32 Å². The summed E-state index contributed by atoms with van der Waals surface area (Å²) >= 11 is 0. The van der Waals surface area contributed by atoms with Gasteiger partial charge in [-0.2, -0.15) is 0 Å². The molecule has 0 radical (unpaired) electrons. The molecule has 0 atom stereocenters. The number of rotatable bonds is 10. The van der Waals surface area contributed by atoms with Crippen molar-refractivity contribution < 1.29 is 14.1 Å². The fraction of sp³-hybridized carbons (Fsp3) is 0.688. The average Bonchev–Trinajstić information content (AvgIpc) is 2.95. The highest BCUT2D eigenvalue weighted by Gasteiger charge is 2.18. The maximum absolute atomic E-state index is 12.3. The minimum atomic E-state index is -0.253.